The Morgan fingerprint density at radius 1 is 1.11 bits per heavy atom. The molecular formula is C12H11F2NO3. The van der Waals surface area contributed by atoms with Crippen molar-refractivity contribution in [2.75, 3.05) is 6.54 Å². The molecule has 1 aliphatic rings. The van der Waals surface area contributed by atoms with Crippen molar-refractivity contribution in [2.45, 2.75) is 19.4 Å². The van der Waals surface area contributed by atoms with Gasteiger partial charge >= 0.3 is 0 Å². The number of amides is 2. The summed E-state index contributed by atoms with van der Waals surface area (Å²) in [7, 11) is 0. The molecule has 0 spiro atoms. The molecule has 2 amide bonds. The van der Waals surface area contributed by atoms with Crippen LogP contribution in [0.1, 0.15) is 34.6 Å². The lowest BCUT2D eigenvalue weighted by molar-refractivity contribution is 0.0297. The first-order valence-corrected chi connectivity index (χ1v) is 5.28. The normalized spacial score (nSPS) is 15.3. The number of rotatable bonds is 2. The minimum absolute atomic E-state index is 0.178. The summed E-state index contributed by atoms with van der Waals surface area (Å²) in [6, 6.07) is 1.41. The van der Waals surface area contributed by atoms with Gasteiger partial charge in [0, 0.05) is 0 Å². The number of hydrogen-bond donors (Lipinski definition) is 1. The van der Waals surface area contributed by atoms with E-state index in [0.29, 0.717) is 12.1 Å². The van der Waals surface area contributed by atoms with Crippen LogP contribution in [0.15, 0.2) is 12.1 Å². The zero-order valence-electron chi connectivity index (χ0n) is 9.83. The van der Waals surface area contributed by atoms with Gasteiger partial charge in [-0.1, -0.05) is 0 Å². The number of carbonyl (C=O) groups is 2. The van der Waals surface area contributed by atoms with Gasteiger partial charge in [0.05, 0.1) is 23.3 Å². The van der Waals surface area contributed by atoms with Gasteiger partial charge < -0.3 is 5.11 Å². The third-order valence-electron chi connectivity index (χ3n) is 2.56. The maximum Gasteiger partial charge on any atom is 0.261 e. The quantitative estimate of drug-likeness (QED) is 0.811. The first-order valence-electron chi connectivity index (χ1n) is 5.28. The Hall–Kier alpha value is -1.82. The van der Waals surface area contributed by atoms with E-state index in [4.69, 9.17) is 0 Å². The molecule has 2 rings (SSSR count). The predicted octanol–water partition coefficient (Wildman–Crippen LogP) is 1.33. The lowest BCUT2D eigenvalue weighted by atomic mass is 10.1. The predicted molar refractivity (Wildman–Crippen MR) is 58.0 cm³/mol. The van der Waals surface area contributed by atoms with Gasteiger partial charge in [-0.05, 0) is 26.0 Å². The van der Waals surface area contributed by atoms with Crippen LogP contribution in [0.25, 0.3) is 0 Å². The van der Waals surface area contributed by atoms with Gasteiger partial charge in [0.1, 0.15) is 0 Å². The standard InChI is InChI=1S/C12H11F2NO3/c1-12(2,18)5-15-10(16)6-3-8(13)9(14)4-7(6)11(15)17/h3-4,18H,5H2,1-2H3. The molecule has 1 aliphatic heterocycles. The average Bonchev–Trinajstić information content (AvgIpc) is 2.44. The monoisotopic (exact) mass is 255 g/mol. The summed E-state index contributed by atoms with van der Waals surface area (Å²) in [5.41, 5.74) is -1.63. The second-order valence-corrected chi connectivity index (χ2v) is 4.82. The number of halogens is 2. The first kappa shape index (κ1) is 12.6. The first-order chi connectivity index (χ1) is 8.20. The smallest absolute Gasteiger partial charge is 0.261 e. The summed E-state index contributed by atoms with van der Waals surface area (Å²) in [6.45, 7) is 2.62. The molecule has 4 nitrogen and oxygen atoms in total. The molecule has 0 unspecified atom stereocenters. The second-order valence-electron chi connectivity index (χ2n) is 4.82. The molecule has 1 N–H and O–H groups in total. The molecule has 1 aromatic rings. The van der Waals surface area contributed by atoms with Gasteiger partial charge in [0.25, 0.3) is 11.8 Å². The zero-order valence-corrected chi connectivity index (χ0v) is 9.83. The molecule has 0 fully saturated rings. The van der Waals surface area contributed by atoms with E-state index in [1.165, 1.54) is 13.8 Å². The molecule has 0 radical (unpaired) electrons. The van der Waals surface area contributed by atoms with Crippen LogP contribution in [0.3, 0.4) is 0 Å². The lowest BCUT2D eigenvalue weighted by Crippen LogP contribution is -2.41. The molecule has 1 heterocycles. The van der Waals surface area contributed by atoms with Crippen LogP contribution in [-0.2, 0) is 0 Å². The number of nitrogens with zero attached hydrogens (tertiary/aromatic N) is 1. The number of aliphatic hydroxyl groups is 1. The minimum atomic E-state index is -1.27. The number of hydrogen-bond acceptors (Lipinski definition) is 3. The van der Waals surface area contributed by atoms with E-state index < -0.39 is 29.0 Å². The van der Waals surface area contributed by atoms with Crippen molar-refractivity contribution in [1.29, 1.82) is 0 Å². The molecule has 18 heavy (non-hydrogen) atoms. The van der Waals surface area contributed by atoms with Crippen LogP contribution in [0.5, 0.6) is 0 Å². The van der Waals surface area contributed by atoms with Crippen molar-refractivity contribution < 1.29 is 23.5 Å². The van der Waals surface area contributed by atoms with E-state index in [9.17, 15) is 23.5 Å². The van der Waals surface area contributed by atoms with Crippen LogP contribution in [0.4, 0.5) is 8.78 Å². The maximum absolute atomic E-state index is 13.0. The van der Waals surface area contributed by atoms with Gasteiger partial charge in [-0.15, -0.1) is 0 Å². The number of carbonyl (C=O) groups excluding carboxylic acids is 2. The van der Waals surface area contributed by atoms with E-state index in [0.717, 1.165) is 4.90 Å². The third kappa shape index (κ3) is 1.99. The fraction of sp³-hybridized carbons (Fsp3) is 0.333. The summed E-state index contributed by atoms with van der Waals surface area (Å²) in [4.78, 5) is 24.5. The van der Waals surface area contributed by atoms with Crippen LogP contribution in [0, 0.1) is 11.6 Å². The minimum Gasteiger partial charge on any atom is -0.389 e. The largest absolute Gasteiger partial charge is 0.389 e. The van der Waals surface area contributed by atoms with Gasteiger partial charge in [-0.3, -0.25) is 14.5 Å². The molecular weight excluding hydrogens is 244 g/mol. The van der Waals surface area contributed by atoms with Crippen molar-refractivity contribution in [1.82, 2.24) is 4.90 Å². The molecule has 1 aromatic carbocycles. The molecule has 0 saturated heterocycles. The Morgan fingerprint density at radius 3 is 1.83 bits per heavy atom. The van der Waals surface area contributed by atoms with Crippen molar-refractivity contribution in [3.8, 4) is 0 Å². The highest BCUT2D eigenvalue weighted by molar-refractivity contribution is 6.21. The summed E-state index contributed by atoms with van der Waals surface area (Å²) >= 11 is 0. The second kappa shape index (κ2) is 3.84. The van der Waals surface area contributed by atoms with Crippen molar-refractivity contribution >= 4 is 11.8 Å². The summed E-state index contributed by atoms with van der Waals surface area (Å²) in [5, 5.41) is 9.61. The lowest BCUT2D eigenvalue weighted by Gasteiger charge is -2.23. The van der Waals surface area contributed by atoms with Crippen molar-refractivity contribution in [3.63, 3.8) is 0 Å². The van der Waals surface area contributed by atoms with E-state index in [-0.39, 0.29) is 17.7 Å². The molecule has 6 heteroatoms. The number of β-amino-alcohol motifs (C(OH)–C–C–N with tert-alkyl or cyclic N) is 1. The Morgan fingerprint density at radius 2 is 1.50 bits per heavy atom. The number of fused-ring (bicyclic) bond motifs is 1. The fourth-order valence-corrected chi connectivity index (χ4v) is 1.81. The molecule has 0 aliphatic carbocycles. The Kier molecular flexibility index (Phi) is 2.70. The highest BCUT2D eigenvalue weighted by atomic mass is 19.2. The molecule has 0 aromatic heterocycles. The third-order valence-corrected chi connectivity index (χ3v) is 2.56. The van der Waals surface area contributed by atoms with Gasteiger partial charge in [-0.2, -0.15) is 0 Å². The van der Waals surface area contributed by atoms with E-state index in [1.807, 2.05) is 0 Å². The Bertz CT molecular complexity index is 508. The molecule has 96 valence electrons. The Balaban J connectivity index is 2.44. The molecule has 0 bridgehead atoms. The maximum atomic E-state index is 13.0. The van der Waals surface area contributed by atoms with Crippen LogP contribution in [-0.4, -0.2) is 34.0 Å². The van der Waals surface area contributed by atoms with E-state index in [2.05, 4.69) is 0 Å². The summed E-state index contributed by atoms with van der Waals surface area (Å²) in [5.74, 6) is -3.81. The van der Waals surface area contributed by atoms with Gasteiger partial charge in [0.15, 0.2) is 11.6 Å². The summed E-state index contributed by atoms with van der Waals surface area (Å²) in [6.07, 6.45) is 0. The summed E-state index contributed by atoms with van der Waals surface area (Å²) < 4.78 is 26.1. The van der Waals surface area contributed by atoms with Crippen LogP contribution < -0.4 is 0 Å². The van der Waals surface area contributed by atoms with E-state index >= 15 is 0 Å². The van der Waals surface area contributed by atoms with Crippen molar-refractivity contribution in [2.24, 2.45) is 0 Å². The van der Waals surface area contributed by atoms with E-state index in [1.54, 1.807) is 0 Å². The zero-order chi connectivity index (χ0) is 13.7. The average molecular weight is 255 g/mol. The molecule has 0 saturated carbocycles. The Labute approximate surface area is 102 Å². The SMILES string of the molecule is CC(C)(O)CN1C(=O)c2cc(F)c(F)cc2C1=O. The number of imide groups is 1. The highest BCUT2D eigenvalue weighted by Crippen LogP contribution is 2.26. The van der Waals surface area contributed by atoms with Crippen LogP contribution >= 0.6 is 0 Å². The highest BCUT2D eigenvalue weighted by Gasteiger charge is 2.39. The topological polar surface area (TPSA) is 57.6 Å². The van der Waals surface area contributed by atoms with Gasteiger partial charge in [-0.25, -0.2) is 8.78 Å². The van der Waals surface area contributed by atoms with Gasteiger partial charge in [0.2, 0.25) is 0 Å². The van der Waals surface area contributed by atoms with Crippen LogP contribution in [0.2, 0.25) is 0 Å². The fourth-order valence-electron chi connectivity index (χ4n) is 1.81. The molecule has 0 atom stereocenters. The number of benzene rings is 1. The van der Waals surface area contributed by atoms with Crippen molar-refractivity contribution in [3.05, 3.63) is 34.9 Å².